The van der Waals surface area contributed by atoms with E-state index < -0.39 is 0 Å². The van der Waals surface area contributed by atoms with Crippen LogP contribution in [0.2, 0.25) is 0 Å². The minimum absolute atomic E-state index is 0.0630. The molecule has 2 heterocycles. The predicted molar refractivity (Wildman–Crippen MR) is 104 cm³/mol. The van der Waals surface area contributed by atoms with Crippen molar-refractivity contribution in [3.63, 3.8) is 0 Å². The van der Waals surface area contributed by atoms with E-state index in [1.54, 1.807) is 4.90 Å². The summed E-state index contributed by atoms with van der Waals surface area (Å²) in [6.45, 7) is 2.13. The molecular formula is C19H24N4O2S. The summed E-state index contributed by atoms with van der Waals surface area (Å²) in [4.78, 5) is 33.0. The highest BCUT2D eigenvalue weighted by atomic mass is 32.1. The number of anilines is 1. The number of thiazole rings is 1. The molecule has 1 unspecified atom stereocenters. The smallest absolute Gasteiger partial charge is 0.231 e. The van der Waals surface area contributed by atoms with E-state index in [-0.39, 0.29) is 24.2 Å². The second-order valence-electron chi connectivity index (χ2n) is 6.79. The number of carbonyl (C=O) groups is 2. The molecular weight excluding hydrogens is 348 g/mol. The summed E-state index contributed by atoms with van der Waals surface area (Å²) in [5.41, 5.74) is 1.87. The summed E-state index contributed by atoms with van der Waals surface area (Å²) in [5, 5.41) is 5.38. The number of carbonyl (C=O) groups excluding carboxylic acids is 2. The Morgan fingerprint density at radius 1 is 1.35 bits per heavy atom. The van der Waals surface area contributed by atoms with Gasteiger partial charge < -0.3 is 15.1 Å². The quantitative estimate of drug-likeness (QED) is 0.811. The van der Waals surface area contributed by atoms with Crippen molar-refractivity contribution in [1.82, 2.24) is 14.8 Å². The van der Waals surface area contributed by atoms with Crippen molar-refractivity contribution in [3.05, 3.63) is 35.7 Å². The summed E-state index contributed by atoms with van der Waals surface area (Å²) in [5.74, 6) is -0.360. The molecule has 6 nitrogen and oxygen atoms in total. The molecule has 1 aliphatic heterocycles. The van der Waals surface area contributed by atoms with Gasteiger partial charge >= 0.3 is 0 Å². The Balaban J connectivity index is 1.54. The Labute approximate surface area is 157 Å². The van der Waals surface area contributed by atoms with Crippen LogP contribution >= 0.6 is 11.3 Å². The molecule has 0 bridgehead atoms. The van der Waals surface area contributed by atoms with E-state index >= 15 is 0 Å². The van der Waals surface area contributed by atoms with Crippen LogP contribution in [0.15, 0.2) is 35.7 Å². The highest BCUT2D eigenvalue weighted by molar-refractivity contribution is 7.14. The van der Waals surface area contributed by atoms with E-state index in [1.165, 1.54) is 11.3 Å². The van der Waals surface area contributed by atoms with E-state index in [4.69, 9.17) is 0 Å². The third kappa shape index (κ3) is 4.68. The SMILES string of the molecule is CN(C)CCCN1CC(C(=O)Nc2nc(-c3ccccc3)cs2)CC1=O. The molecule has 1 fully saturated rings. The average Bonchev–Trinajstić information content (AvgIpc) is 3.23. The molecule has 26 heavy (non-hydrogen) atoms. The minimum Gasteiger partial charge on any atom is -0.342 e. The lowest BCUT2D eigenvalue weighted by molar-refractivity contribution is -0.128. The normalized spacial score (nSPS) is 17.1. The topological polar surface area (TPSA) is 65.5 Å². The highest BCUT2D eigenvalue weighted by Gasteiger charge is 2.34. The zero-order valence-electron chi connectivity index (χ0n) is 15.1. The van der Waals surface area contributed by atoms with Gasteiger partial charge in [0, 0.05) is 30.5 Å². The van der Waals surface area contributed by atoms with Crippen molar-refractivity contribution in [1.29, 1.82) is 0 Å². The number of benzene rings is 1. The number of aromatic nitrogens is 1. The van der Waals surface area contributed by atoms with Crippen LogP contribution in [-0.2, 0) is 9.59 Å². The second kappa shape index (κ2) is 8.42. The van der Waals surface area contributed by atoms with Crippen LogP contribution in [-0.4, -0.2) is 60.3 Å². The van der Waals surface area contributed by atoms with Gasteiger partial charge in [0.25, 0.3) is 0 Å². The van der Waals surface area contributed by atoms with Gasteiger partial charge in [-0.25, -0.2) is 4.98 Å². The van der Waals surface area contributed by atoms with E-state index in [2.05, 4.69) is 15.2 Å². The van der Waals surface area contributed by atoms with Gasteiger partial charge in [-0.1, -0.05) is 30.3 Å². The summed E-state index contributed by atoms with van der Waals surface area (Å²) in [6.07, 6.45) is 1.20. The lowest BCUT2D eigenvalue weighted by atomic mass is 10.1. The first-order valence-corrected chi connectivity index (χ1v) is 9.65. The summed E-state index contributed by atoms with van der Waals surface area (Å²) < 4.78 is 0. The van der Waals surface area contributed by atoms with Gasteiger partial charge in [0.15, 0.2) is 5.13 Å². The molecule has 0 radical (unpaired) electrons. The van der Waals surface area contributed by atoms with Gasteiger partial charge in [-0.05, 0) is 27.1 Å². The van der Waals surface area contributed by atoms with Crippen LogP contribution in [0.1, 0.15) is 12.8 Å². The maximum atomic E-state index is 12.5. The molecule has 0 spiro atoms. The van der Waals surface area contributed by atoms with Crippen molar-refractivity contribution in [2.75, 3.05) is 39.0 Å². The van der Waals surface area contributed by atoms with E-state index in [1.807, 2.05) is 49.8 Å². The van der Waals surface area contributed by atoms with Crippen LogP contribution < -0.4 is 5.32 Å². The second-order valence-corrected chi connectivity index (χ2v) is 7.65. The minimum atomic E-state index is -0.300. The molecule has 7 heteroatoms. The molecule has 1 aromatic heterocycles. The average molecular weight is 372 g/mol. The Hall–Kier alpha value is -2.25. The monoisotopic (exact) mass is 372 g/mol. The van der Waals surface area contributed by atoms with Crippen molar-refractivity contribution < 1.29 is 9.59 Å². The Kier molecular flexibility index (Phi) is 6.00. The lowest BCUT2D eigenvalue weighted by Crippen LogP contribution is -2.30. The summed E-state index contributed by atoms with van der Waals surface area (Å²) >= 11 is 1.40. The van der Waals surface area contributed by atoms with Gasteiger partial charge in [0.05, 0.1) is 11.6 Å². The first-order chi connectivity index (χ1) is 12.5. The van der Waals surface area contributed by atoms with E-state index in [9.17, 15) is 9.59 Å². The van der Waals surface area contributed by atoms with Crippen LogP contribution in [0, 0.1) is 5.92 Å². The van der Waals surface area contributed by atoms with E-state index in [0.717, 1.165) is 24.2 Å². The van der Waals surface area contributed by atoms with Gasteiger partial charge in [0.1, 0.15) is 0 Å². The van der Waals surface area contributed by atoms with Crippen LogP contribution in [0.5, 0.6) is 0 Å². The number of nitrogens with zero attached hydrogens (tertiary/aromatic N) is 3. The Morgan fingerprint density at radius 2 is 2.12 bits per heavy atom. The highest BCUT2D eigenvalue weighted by Crippen LogP contribution is 2.26. The van der Waals surface area contributed by atoms with Crippen LogP contribution in [0.3, 0.4) is 0 Å². The van der Waals surface area contributed by atoms with Crippen molar-refractivity contribution in [2.24, 2.45) is 5.92 Å². The largest absolute Gasteiger partial charge is 0.342 e. The maximum Gasteiger partial charge on any atom is 0.231 e. The molecule has 1 aromatic carbocycles. The zero-order chi connectivity index (χ0) is 18.5. The molecule has 1 atom stereocenters. The first-order valence-electron chi connectivity index (χ1n) is 8.77. The molecule has 138 valence electrons. The summed E-state index contributed by atoms with van der Waals surface area (Å²) in [6, 6.07) is 9.85. The fourth-order valence-corrected chi connectivity index (χ4v) is 3.74. The number of likely N-dealkylation sites (tertiary alicyclic amines) is 1. The maximum absolute atomic E-state index is 12.5. The van der Waals surface area contributed by atoms with E-state index in [0.29, 0.717) is 18.2 Å². The predicted octanol–water partition coefficient (Wildman–Crippen LogP) is 2.55. The van der Waals surface area contributed by atoms with Crippen molar-refractivity contribution in [3.8, 4) is 11.3 Å². The van der Waals surface area contributed by atoms with Crippen molar-refractivity contribution >= 4 is 28.3 Å². The fourth-order valence-electron chi connectivity index (χ4n) is 3.02. The Morgan fingerprint density at radius 3 is 2.85 bits per heavy atom. The number of nitrogens with one attached hydrogen (secondary N) is 1. The van der Waals surface area contributed by atoms with Gasteiger partial charge in [-0.2, -0.15) is 0 Å². The first kappa shape index (κ1) is 18.5. The molecule has 2 aromatic rings. The number of amides is 2. The Bertz CT molecular complexity index is 760. The summed E-state index contributed by atoms with van der Waals surface area (Å²) in [7, 11) is 4.03. The van der Waals surface area contributed by atoms with Gasteiger partial charge in [-0.15, -0.1) is 11.3 Å². The molecule has 2 amide bonds. The zero-order valence-corrected chi connectivity index (χ0v) is 16.0. The molecule has 1 N–H and O–H groups in total. The number of hydrogen-bond acceptors (Lipinski definition) is 5. The number of hydrogen-bond donors (Lipinski definition) is 1. The molecule has 1 saturated heterocycles. The van der Waals surface area contributed by atoms with Gasteiger partial charge in [0.2, 0.25) is 11.8 Å². The fraction of sp³-hybridized carbons (Fsp3) is 0.421. The molecule has 3 rings (SSSR count). The third-order valence-corrected chi connectivity index (χ3v) is 5.18. The molecule has 0 aliphatic carbocycles. The van der Waals surface area contributed by atoms with Crippen LogP contribution in [0.25, 0.3) is 11.3 Å². The standard InChI is InChI=1S/C19H24N4O2S/c1-22(2)9-6-10-23-12-15(11-17(23)24)18(25)21-19-20-16(13-26-19)14-7-4-3-5-8-14/h3-5,7-8,13,15H,6,9-12H2,1-2H3,(H,20,21,25). The molecule has 0 saturated carbocycles. The lowest BCUT2D eigenvalue weighted by Gasteiger charge is -2.17. The van der Waals surface area contributed by atoms with Crippen molar-refractivity contribution in [2.45, 2.75) is 12.8 Å². The number of rotatable bonds is 7. The third-order valence-electron chi connectivity index (χ3n) is 4.42. The van der Waals surface area contributed by atoms with Gasteiger partial charge in [-0.3, -0.25) is 9.59 Å². The van der Waals surface area contributed by atoms with Crippen LogP contribution in [0.4, 0.5) is 5.13 Å². The molecule has 1 aliphatic rings.